The highest BCUT2D eigenvalue weighted by Gasteiger charge is 2.06. The first-order valence-electron chi connectivity index (χ1n) is 3.97. The molecule has 0 heterocycles. The van der Waals surface area contributed by atoms with Crippen molar-refractivity contribution in [3.05, 3.63) is 41.2 Å². The van der Waals surface area contributed by atoms with Crippen LogP contribution in [0.5, 0.6) is 0 Å². The molecule has 1 rings (SSSR count). The van der Waals surface area contributed by atoms with E-state index in [0.29, 0.717) is 16.5 Å². The topological polar surface area (TPSA) is 43.1 Å². The van der Waals surface area contributed by atoms with Crippen LogP contribution in [-0.4, -0.2) is 11.2 Å². The summed E-state index contributed by atoms with van der Waals surface area (Å²) in [6.07, 6.45) is 3.42. The van der Waals surface area contributed by atoms with Gasteiger partial charge in [0.25, 0.3) is 0 Å². The predicted octanol–water partition coefficient (Wildman–Crippen LogP) is 2.33. The Kier molecular flexibility index (Phi) is 3.83. The van der Waals surface area contributed by atoms with Gasteiger partial charge in [0.1, 0.15) is 5.82 Å². The van der Waals surface area contributed by atoms with Crippen molar-refractivity contribution in [3.63, 3.8) is 0 Å². The van der Waals surface area contributed by atoms with Crippen LogP contribution in [0.3, 0.4) is 0 Å². The number of halogens is 2. The van der Waals surface area contributed by atoms with Gasteiger partial charge in [0, 0.05) is 10.9 Å². The monoisotopic (exact) mass is 257 g/mol. The van der Waals surface area contributed by atoms with Crippen molar-refractivity contribution in [2.75, 3.05) is 5.33 Å². The molecule has 0 bridgehead atoms. The average molecular weight is 258 g/mol. The number of rotatable bonds is 3. The smallest absolute Gasteiger partial charge is 0.249 e. The number of amides is 1. The van der Waals surface area contributed by atoms with Crippen LogP contribution < -0.4 is 5.73 Å². The van der Waals surface area contributed by atoms with Gasteiger partial charge in [0.2, 0.25) is 5.91 Å². The molecule has 0 aliphatic carbocycles. The van der Waals surface area contributed by atoms with Gasteiger partial charge in [0.15, 0.2) is 0 Å². The van der Waals surface area contributed by atoms with E-state index in [-0.39, 0.29) is 5.82 Å². The zero-order valence-corrected chi connectivity index (χ0v) is 8.92. The third-order valence-electron chi connectivity index (χ3n) is 1.67. The number of nitrogens with two attached hydrogens (primary N) is 1. The molecule has 14 heavy (non-hydrogen) atoms. The molecule has 0 saturated carbocycles. The first-order chi connectivity index (χ1) is 6.65. The minimum absolute atomic E-state index is 0.323. The molecular weight excluding hydrogens is 249 g/mol. The van der Waals surface area contributed by atoms with Crippen LogP contribution in [0.25, 0.3) is 6.08 Å². The summed E-state index contributed by atoms with van der Waals surface area (Å²) < 4.78 is 12.8. The maximum absolute atomic E-state index is 12.8. The van der Waals surface area contributed by atoms with Crippen molar-refractivity contribution in [1.29, 1.82) is 0 Å². The fourth-order valence-corrected chi connectivity index (χ4v) is 1.25. The maximum Gasteiger partial charge on any atom is 0.249 e. The summed E-state index contributed by atoms with van der Waals surface area (Å²) in [5.41, 5.74) is 5.95. The average Bonchev–Trinajstić information content (AvgIpc) is 2.14. The van der Waals surface area contributed by atoms with Crippen molar-refractivity contribution < 1.29 is 9.18 Å². The molecule has 1 amide bonds. The number of carbonyl (C=O) groups excluding carboxylic acids is 1. The van der Waals surface area contributed by atoms with Crippen molar-refractivity contribution >= 4 is 27.9 Å². The van der Waals surface area contributed by atoms with Crippen molar-refractivity contribution in [2.24, 2.45) is 5.73 Å². The van der Waals surface area contributed by atoms with Crippen LogP contribution in [0.1, 0.15) is 15.9 Å². The maximum atomic E-state index is 12.8. The van der Waals surface area contributed by atoms with E-state index < -0.39 is 5.91 Å². The lowest BCUT2D eigenvalue weighted by atomic mass is 10.1. The van der Waals surface area contributed by atoms with E-state index in [1.165, 1.54) is 18.2 Å². The van der Waals surface area contributed by atoms with Gasteiger partial charge in [-0.05, 0) is 23.8 Å². The molecule has 0 saturated heterocycles. The van der Waals surface area contributed by atoms with Gasteiger partial charge < -0.3 is 5.73 Å². The Hall–Kier alpha value is -1.16. The Balaban J connectivity index is 3.15. The zero-order valence-electron chi connectivity index (χ0n) is 7.34. The molecule has 0 radical (unpaired) electrons. The second-order valence-corrected chi connectivity index (χ2v) is 3.30. The van der Waals surface area contributed by atoms with Crippen molar-refractivity contribution in [2.45, 2.75) is 0 Å². The van der Waals surface area contributed by atoms with Crippen molar-refractivity contribution in [3.8, 4) is 0 Å². The Morgan fingerprint density at radius 3 is 2.86 bits per heavy atom. The largest absolute Gasteiger partial charge is 0.366 e. The van der Waals surface area contributed by atoms with Gasteiger partial charge in [-0.3, -0.25) is 4.79 Å². The van der Waals surface area contributed by atoms with Gasteiger partial charge in [-0.25, -0.2) is 4.39 Å². The summed E-state index contributed by atoms with van der Waals surface area (Å²) in [7, 11) is 0. The Labute approximate surface area is 89.7 Å². The fourth-order valence-electron chi connectivity index (χ4n) is 1.07. The lowest BCUT2D eigenvalue weighted by Crippen LogP contribution is -2.12. The number of alkyl halides is 1. The molecule has 1 aromatic carbocycles. The highest BCUT2D eigenvalue weighted by molar-refractivity contribution is 9.09. The molecule has 0 aliphatic rings. The van der Waals surface area contributed by atoms with E-state index in [1.54, 1.807) is 12.2 Å². The van der Waals surface area contributed by atoms with Crippen LogP contribution >= 0.6 is 15.9 Å². The van der Waals surface area contributed by atoms with Crippen LogP contribution in [0.4, 0.5) is 4.39 Å². The number of carbonyl (C=O) groups is 1. The number of hydrogen-bond acceptors (Lipinski definition) is 1. The summed E-state index contributed by atoms with van der Waals surface area (Å²) in [6, 6.07) is 3.87. The van der Waals surface area contributed by atoms with E-state index in [4.69, 9.17) is 5.73 Å². The SMILES string of the molecule is NC(=O)c1ccc(F)cc1C=CCBr. The molecule has 2 N–H and O–H groups in total. The predicted molar refractivity (Wildman–Crippen MR) is 57.7 cm³/mol. The molecule has 74 valence electrons. The van der Waals surface area contributed by atoms with E-state index in [1.807, 2.05) is 0 Å². The van der Waals surface area contributed by atoms with Crippen molar-refractivity contribution in [1.82, 2.24) is 0 Å². The lowest BCUT2D eigenvalue weighted by Gasteiger charge is -2.01. The standard InChI is InChI=1S/C10H9BrFNO/c11-5-1-2-7-6-8(12)3-4-9(7)10(13)14/h1-4,6H,5H2,(H2,13,14). The highest BCUT2D eigenvalue weighted by Crippen LogP contribution is 2.12. The van der Waals surface area contributed by atoms with Gasteiger partial charge >= 0.3 is 0 Å². The Morgan fingerprint density at radius 1 is 1.57 bits per heavy atom. The Morgan fingerprint density at radius 2 is 2.29 bits per heavy atom. The number of allylic oxidation sites excluding steroid dienone is 1. The van der Waals surface area contributed by atoms with Gasteiger partial charge in [-0.15, -0.1) is 0 Å². The zero-order chi connectivity index (χ0) is 10.6. The molecule has 0 fully saturated rings. The molecule has 0 atom stereocenters. The highest BCUT2D eigenvalue weighted by atomic mass is 79.9. The van der Waals surface area contributed by atoms with E-state index in [0.717, 1.165) is 0 Å². The minimum Gasteiger partial charge on any atom is -0.366 e. The van der Waals surface area contributed by atoms with Crippen LogP contribution in [-0.2, 0) is 0 Å². The molecule has 1 aromatic rings. The second kappa shape index (κ2) is 4.91. The quantitative estimate of drug-likeness (QED) is 0.831. The summed E-state index contributed by atoms with van der Waals surface area (Å²) in [4.78, 5) is 11.0. The summed E-state index contributed by atoms with van der Waals surface area (Å²) >= 11 is 3.19. The third-order valence-corrected chi connectivity index (χ3v) is 2.04. The minimum atomic E-state index is -0.556. The van der Waals surface area contributed by atoms with Crippen LogP contribution in [0.2, 0.25) is 0 Å². The number of benzene rings is 1. The molecule has 2 nitrogen and oxygen atoms in total. The summed E-state index contributed by atoms with van der Waals surface area (Å²) in [6.45, 7) is 0. The fraction of sp³-hybridized carbons (Fsp3) is 0.100. The molecule has 4 heteroatoms. The molecular formula is C10H9BrFNO. The first kappa shape index (κ1) is 10.9. The van der Waals surface area contributed by atoms with E-state index in [9.17, 15) is 9.18 Å². The summed E-state index contributed by atoms with van der Waals surface area (Å²) in [5, 5.41) is 0.641. The molecule has 0 spiro atoms. The normalized spacial score (nSPS) is 10.7. The first-order valence-corrected chi connectivity index (χ1v) is 5.09. The van der Waals surface area contributed by atoms with Gasteiger partial charge in [-0.1, -0.05) is 28.1 Å². The summed E-state index contributed by atoms with van der Waals surface area (Å²) in [5.74, 6) is -0.941. The Bertz CT molecular complexity index is 376. The molecule has 0 aliphatic heterocycles. The molecule has 0 unspecified atom stereocenters. The molecule has 0 aromatic heterocycles. The van der Waals surface area contributed by atoms with E-state index in [2.05, 4.69) is 15.9 Å². The second-order valence-electron chi connectivity index (χ2n) is 2.65. The third kappa shape index (κ3) is 2.67. The number of primary amides is 1. The van der Waals surface area contributed by atoms with Crippen LogP contribution in [0.15, 0.2) is 24.3 Å². The van der Waals surface area contributed by atoms with E-state index >= 15 is 0 Å². The lowest BCUT2D eigenvalue weighted by molar-refractivity contribution is 0.1000. The van der Waals surface area contributed by atoms with Gasteiger partial charge in [0.05, 0.1) is 0 Å². The van der Waals surface area contributed by atoms with Gasteiger partial charge in [-0.2, -0.15) is 0 Å². The van der Waals surface area contributed by atoms with Crippen LogP contribution in [0, 0.1) is 5.82 Å². The number of hydrogen-bond donors (Lipinski definition) is 1.